The van der Waals surface area contributed by atoms with Crippen LogP contribution in [0.1, 0.15) is 11.1 Å². The number of aryl methyl sites for hydroxylation is 1. The predicted molar refractivity (Wildman–Crippen MR) is 135 cm³/mol. The topological polar surface area (TPSA) is 58.3 Å². The van der Waals surface area contributed by atoms with Gasteiger partial charge in [-0.2, -0.15) is 4.98 Å². The maximum absolute atomic E-state index is 6.09. The predicted octanol–water partition coefficient (Wildman–Crippen LogP) is 5.31. The van der Waals surface area contributed by atoms with Crippen LogP contribution in [0.2, 0.25) is 0 Å². The van der Waals surface area contributed by atoms with E-state index in [1.165, 1.54) is 27.6 Å². The van der Waals surface area contributed by atoms with Crippen molar-refractivity contribution in [1.29, 1.82) is 0 Å². The molecule has 5 rings (SSSR count). The van der Waals surface area contributed by atoms with Crippen LogP contribution in [0.15, 0.2) is 76.7 Å². The number of fused-ring (bicyclic) bond motifs is 1. The summed E-state index contributed by atoms with van der Waals surface area (Å²) in [6, 6.07) is 23.5. The lowest BCUT2D eigenvalue weighted by atomic mass is 10.1. The Balaban J connectivity index is 1.32. The fraction of sp³-hybridized carbons (Fsp3) is 0.231. The van der Waals surface area contributed by atoms with Crippen LogP contribution in [0.25, 0.3) is 10.8 Å². The van der Waals surface area contributed by atoms with Crippen molar-refractivity contribution < 1.29 is 0 Å². The fourth-order valence-electron chi connectivity index (χ4n) is 4.25. The lowest BCUT2D eigenvalue weighted by molar-refractivity contribution is 0.644. The van der Waals surface area contributed by atoms with Crippen molar-refractivity contribution in [1.82, 2.24) is 9.97 Å². The van der Waals surface area contributed by atoms with Gasteiger partial charge in [-0.1, -0.05) is 54.2 Å². The molecule has 6 heteroatoms. The molecule has 0 bridgehead atoms. The van der Waals surface area contributed by atoms with Gasteiger partial charge in [-0.3, -0.25) is 0 Å². The highest BCUT2D eigenvalue weighted by Gasteiger charge is 2.21. The average Bonchev–Trinajstić information content (AvgIpc) is 2.80. The number of nitrogens with two attached hydrogens (primary N) is 1. The summed E-state index contributed by atoms with van der Waals surface area (Å²) in [5.41, 5.74) is 10.1. The SMILES string of the molecule is Cc1cccc(N2CCN(c3cc(Sc4ccc5ccccc5c4)nc(N)n3)CC2)c1C. The van der Waals surface area contributed by atoms with E-state index in [2.05, 4.69) is 100 Å². The molecule has 0 aliphatic carbocycles. The van der Waals surface area contributed by atoms with E-state index in [1.807, 2.05) is 0 Å². The molecule has 1 aliphatic heterocycles. The molecular formula is C26H27N5S. The number of piperazine rings is 1. The molecule has 162 valence electrons. The van der Waals surface area contributed by atoms with E-state index in [0.717, 1.165) is 41.9 Å². The lowest BCUT2D eigenvalue weighted by Crippen LogP contribution is -2.47. The van der Waals surface area contributed by atoms with Gasteiger partial charge in [0.2, 0.25) is 5.95 Å². The van der Waals surface area contributed by atoms with Crippen molar-refractivity contribution >= 4 is 40.0 Å². The van der Waals surface area contributed by atoms with Gasteiger partial charge in [0, 0.05) is 42.8 Å². The molecule has 0 saturated carbocycles. The van der Waals surface area contributed by atoms with Gasteiger partial charge in [0.25, 0.3) is 0 Å². The Morgan fingerprint density at radius 2 is 1.53 bits per heavy atom. The van der Waals surface area contributed by atoms with Gasteiger partial charge in [-0.25, -0.2) is 4.98 Å². The third-order valence-electron chi connectivity index (χ3n) is 6.17. The maximum atomic E-state index is 6.09. The highest BCUT2D eigenvalue weighted by molar-refractivity contribution is 7.99. The van der Waals surface area contributed by atoms with E-state index in [1.54, 1.807) is 11.8 Å². The minimum absolute atomic E-state index is 0.322. The second kappa shape index (κ2) is 8.71. The van der Waals surface area contributed by atoms with Crippen LogP contribution >= 0.6 is 11.8 Å². The van der Waals surface area contributed by atoms with Crippen LogP contribution < -0.4 is 15.5 Å². The number of hydrogen-bond donors (Lipinski definition) is 1. The van der Waals surface area contributed by atoms with Crippen molar-refractivity contribution in [3.8, 4) is 0 Å². The largest absolute Gasteiger partial charge is 0.368 e. The summed E-state index contributed by atoms with van der Waals surface area (Å²) in [7, 11) is 0. The smallest absolute Gasteiger partial charge is 0.223 e. The van der Waals surface area contributed by atoms with Crippen molar-refractivity contribution in [3.05, 3.63) is 77.9 Å². The number of nitrogens with zero attached hydrogens (tertiary/aromatic N) is 4. The third kappa shape index (κ3) is 4.23. The first-order valence-electron chi connectivity index (χ1n) is 10.9. The first-order valence-corrected chi connectivity index (χ1v) is 11.8. The zero-order chi connectivity index (χ0) is 22.1. The molecule has 32 heavy (non-hydrogen) atoms. The zero-order valence-corrected chi connectivity index (χ0v) is 19.3. The van der Waals surface area contributed by atoms with E-state index in [4.69, 9.17) is 5.73 Å². The highest BCUT2D eigenvalue weighted by Crippen LogP contribution is 2.32. The van der Waals surface area contributed by atoms with Gasteiger partial charge in [0.05, 0.1) is 0 Å². The molecule has 4 aromatic rings. The van der Waals surface area contributed by atoms with E-state index in [0.29, 0.717) is 5.95 Å². The summed E-state index contributed by atoms with van der Waals surface area (Å²) in [5, 5.41) is 3.34. The molecular weight excluding hydrogens is 414 g/mol. The lowest BCUT2D eigenvalue weighted by Gasteiger charge is -2.37. The molecule has 5 nitrogen and oxygen atoms in total. The maximum Gasteiger partial charge on any atom is 0.223 e. The van der Waals surface area contributed by atoms with Gasteiger partial charge in [0.15, 0.2) is 0 Å². The first kappa shape index (κ1) is 20.6. The number of benzene rings is 3. The van der Waals surface area contributed by atoms with Crippen LogP contribution in [0.5, 0.6) is 0 Å². The molecule has 0 amide bonds. The molecule has 3 aromatic carbocycles. The number of nitrogen functional groups attached to an aromatic ring is 1. The molecule has 0 spiro atoms. The summed E-state index contributed by atoms with van der Waals surface area (Å²) in [6.07, 6.45) is 0. The molecule has 0 atom stereocenters. The number of anilines is 3. The van der Waals surface area contributed by atoms with E-state index in [9.17, 15) is 0 Å². The summed E-state index contributed by atoms with van der Waals surface area (Å²) in [5.74, 6) is 1.23. The molecule has 1 aromatic heterocycles. The van der Waals surface area contributed by atoms with Gasteiger partial charge >= 0.3 is 0 Å². The van der Waals surface area contributed by atoms with Gasteiger partial charge in [-0.15, -0.1) is 0 Å². The second-order valence-electron chi connectivity index (χ2n) is 8.23. The van der Waals surface area contributed by atoms with Gasteiger partial charge in [-0.05, 0) is 53.9 Å². The molecule has 1 saturated heterocycles. The quantitative estimate of drug-likeness (QED) is 0.433. The van der Waals surface area contributed by atoms with Gasteiger partial charge in [0.1, 0.15) is 10.8 Å². The average molecular weight is 442 g/mol. The summed E-state index contributed by atoms with van der Waals surface area (Å²) in [6.45, 7) is 8.11. The zero-order valence-electron chi connectivity index (χ0n) is 18.5. The van der Waals surface area contributed by atoms with Crippen molar-refractivity contribution in [2.24, 2.45) is 0 Å². The Morgan fingerprint density at radius 1 is 0.781 bits per heavy atom. The summed E-state index contributed by atoms with van der Waals surface area (Å²) >= 11 is 1.63. The summed E-state index contributed by atoms with van der Waals surface area (Å²) < 4.78 is 0. The standard InChI is InChI=1S/C26H27N5S/c1-18-6-5-9-23(19(18)2)30-12-14-31(15-13-30)24-17-25(29-26(27)28-24)32-22-11-10-20-7-3-4-8-21(20)16-22/h3-11,16-17H,12-15H2,1-2H3,(H2,27,28,29). The number of hydrogen-bond acceptors (Lipinski definition) is 6. The molecule has 2 heterocycles. The minimum atomic E-state index is 0.322. The molecule has 0 radical (unpaired) electrons. The van der Waals surface area contributed by atoms with E-state index in [-0.39, 0.29) is 0 Å². The Labute approximate surface area is 193 Å². The van der Waals surface area contributed by atoms with Crippen molar-refractivity contribution in [2.75, 3.05) is 41.7 Å². The van der Waals surface area contributed by atoms with Crippen molar-refractivity contribution in [3.63, 3.8) is 0 Å². The third-order valence-corrected chi connectivity index (χ3v) is 7.08. The molecule has 1 fully saturated rings. The number of rotatable bonds is 4. The fourth-order valence-corrected chi connectivity index (χ4v) is 5.12. The van der Waals surface area contributed by atoms with E-state index >= 15 is 0 Å². The normalized spacial score (nSPS) is 14.2. The first-order chi connectivity index (χ1) is 15.6. The highest BCUT2D eigenvalue weighted by atomic mass is 32.2. The van der Waals surface area contributed by atoms with Crippen LogP contribution in [0, 0.1) is 13.8 Å². The minimum Gasteiger partial charge on any atom is -0.368 e. The van der Waals surface area contributed by atoms with E-state index < -0.39 is 0 Å². The van der Waals surface area contributed by atoms with Gasteiger partial charge < -0.3 is 15.5 Å². The van der Waals surface area contributed by atoms with Crippen LogP contribution in [0.3, 0.4) is 0 Å². The van der Waals surface area contributed by atoms with Crippen LogP contribution in [-0.2, 0) is 0 Å². The molecule has 1 aliphatic rings. The molecule has 2 N–H and O–H groups in total. The van der Waals surface area contributed by atoms with Crippen LogP contribution in [0.4, 0.5) is 17.5 Å². The summed E-state index contributed by atoms with van der Waals surface area (Å²) in [4.78, 5) is 14.9. The Kier molecular flexibility index (Phi) is 5.62. The van der Waals surface area contributed by atoms with Crippen molar-refractivity contribution in [2.45, 2.75) is 23.8 Å². The Bertz CT molecular complexity index is 1260. The number of aromatic nitrogens is 2. The second-order valence-corrected chi connectivity index (χ2v) is 9.32. The van der Waals surface area contributed by atoms with Crippen LogP contribution in [-0.4, -0.2) is 36.1 Å². The Hall–Kier alpha value is -3.25. The molecule has 0 unspecified atom stereocenters. The Morgan fingerprint density at radius 3 is 2.34 bits per heavy atom. The monoisotopic (exact) mass is 441 g/mol.